The van der Waals surface area contributed by atoms with E-state index in [0.29, 0.717) is 49.9 Å². The SMILES string of the molecule is CCOP(=O)(CCCCn1cnc2c1c(=O)n(CCOC)c(=O)n2C)OCC. The molecule has 0 aromatic carbocycles. The van der Waals surface area contributed by atoms with Gasteiger partial charge in [0.05, 0.1) is 38.9 Å². The Kier molecular flexibility index (Phi) is 8.18. The van der Waals surface area contributed by atoms with Gasteiger partial charge in [0.2, 0.25) is 0 Å². The molecule has 0 aliphatic heterocycles. The zero-order chi connectivity index (χ0) is 20.7. The first-order valence-corrected chi connectivity index (χ1v) is 11.1. The largest absolute Gasteiger partial charge is 0.383 e. The Morgan fingerprint density at radius 1 is 1.11 bits per heavy atom. The predicted molar refractivity (Wildman–Crippen MR) is 106 cm³/mol. The van der Waals surface area contributed by atoms with E-state index in [2.05, 4.69) is 4.98 Å². The zero-order valence-corrected chi connectivity index (χ0v) is 17.8. The van der Waals surface area contributed by atoms with Gasteiger partial charge in [0, 0.05) is 20.7 Å². The van der Waals surface area contributed by atoms with Crippen LogP contribution in [0.4, 0.5) is 0 Å². The van der Waals surface area contributed by atoms with E-state index in [0.717, 1.165) is 4.57 Å². The summed E-state index contributed by atoms with van der Waals surface area (Å²) in [6.45, 7) is 5.17. The maximum atomic E-state index is 12.8. The van der Waals surface area contributed by atoms with Gasteiger partial charge in [0.1, 0.15) is 0 Å². The molecule has 0 spiro atoms. The molecule has 158 valence electrons. The van der Waals surface area contributed by atoms with Crippen molar-refractivity contribution in [3.63, 3.8) is 0 Å². The molecule has 2 rings (SSSR count). The van der Waals surface area contributed by atoms with Crippen LogP contribution in [0.25, 0.3) is 11.2 Å². The summed E-state index contributed by atoms with van der Waals surface area (Å²) in [5, 5.41) is 0. The lowest BCUT2D eigenvalue weighted by molar-refractivity contribution is 0.184. The standard InChI is InChI=1S/C17H29N4O6P/c1-5-26-28(24,27-6-2)12-8-7-9-20-13-18-15-14(20)16(22)21(10-11-25-4)17(23)19(15)3/h13H,5-12H2,1-4H3. The highest BCUT2D eigenvalue weighted by Gasteiger charge is 2.22. The lowest BCUT2D eigenvalue weighted by atomic mass is 10.3. The first-order chi connectivity index (χ1) is 13.4. The van der Waals surface area contributed by atoms with Crippen LogP contribution in [0, 0.1) is 0 Å². The smallest absolute Gasteiger partial charge is 0.332 e. The number of imidazole rings is 1. The molecule has 0 radical (unpaired) electrons. The fourth-order valence-corrected chi connectivity index (χ4v) is 4.75. The van der Waals surface area contributed by atoms with E-state index < -0.39 is 13.3 Å². The van der Waals surface area contributed by atoms with Gasteiger partial charge in [-0.15, -0.1) is 0 Å². The van der Waals surface area contributed by atoms with Crippen LogP contribution in [0.3, 0.4) is 0 Å². The lowest BCUT2D eigenvalue weighted by Gasteiger charge is -2.16. The van der Waals surface area contributed by atoms with Crippen LogP contribution < -0.4 is 11.2 Å². The Bertz CT molecular complexity index is 937. The zero-order valence-electron chi connectivity index (χ0n) is 16.9. The number of aryl methyl sites for hydroxylation is 2. The highest BCUT2D eigenvalue weighted by molar-refractivity contribution is 7.53. The van der Waals surface area contributed by atoms with Gasteiger partial charge in [-0.3, -0.25) is 18.5 Å². The summed E-state index contributed by atoms with van der Waals surface area (Å²) in [7, 11) is 0.0355. The highest BCUT2D eigenvalue weighted by Crippen LogP contribution is 2.48. The molecule has 0 saturated heterocycles. The molecule has 0 saturated carbocycles. The Labute approximate surface area is 163 Å². The molecule has 2 aromatic heterocycles. The maximum Gasteiger partial charge on any atom is 0.332 e. The fourth-order valence-electron chi connectivity index (χ4n) is 3.02. The van der Waals surface area contributed by atoms with Gasteiger partial charge < -0.3 is 18.4 Å². The van der Waals surface area contributed by atoms with Gasteiger partial charge in [-0.2, -0.15) is 0 Å². The summed E-state index contributed by atoms with van der Waals surface area (Å²) in [6, 6.07) is 0. The molecule has 28 heavy (non-hydrogen) atoms. The van der Waals surface area contributed by atoms with E-state index >= 15 is 0 Å². The number of aromatic nitrogens is 4. The first-order valence-electron chi connectivity index (χ1n) is 9.40. The number of unbranched alkanes of at least 4 members (excludes halogenated alkanes) is 1. The van der Waals surface area contributed by atoms with Gasteiger partial charge in [-0.1, -0.05) is 0 Å². The molecular weight excluding hydrogens is 387 g/mol. The van der Waals surface area contributed by atoms with Gasteiger partial charge >= 0.3 is 13.3 Å². The molecule has 0 bridgehead atoms. The summed E-state index contributed by atoms with van der Waals surface area (Å²) in [5.41, 5.74) is -0.0925. The van der Waals surface area contributed by atoms with Gasteiger partial charge in [0.25, 0.3) is 5.56 Å². The number of hydrogen-bond donors (Lipinski definition) is 0. The second-order valence-electron chi connectivity index (χ2n) is 6.28. The van der Waals surface area contributed by atoms with Crippen LogP contribution >= 0.6 is 7.60 Å². The van der Waals surface area contributed by atoms with Crippen LogP contribution in [0.15, 0.2) is 15.9 Å². The van der Waals surface area contributed by atoms with Crippen LogP contribution in [-0.4, -0.2) is 51.8 Å². The third-order valence-electron chi connectivity index (χ3n) is 4.35. The van der Waals surface area contributed by atoms with E-state index in [4.69, 9.17) is 13.8 Å². The molecule has 0 aliphatic carbocycles. The van der Waals surface area contributed by atoms with E-state index in [-0.39, 0.29) is 18.7 Å². The fraction of sp³-hybridized carbons (Fsp3) is 0.706. The molecular formula is C17H29N4O6P. The number of fused-ring (bicyclic) bond motifs is 1. The van der Waals surface area contributed by atoms with Crippen LogP contribution in [0.1, 0.15) is 26.7 Å². The minimum atomic E-state index is -3.07. The van der Waals surface area contributed by atoms with Crippen molar-refractivity contribution in [3.05, 3.63) is 27.2 Å². The quantitative estimate of drug-likeness (QED) is 0.382. The minimum Gasteiger partial charge on any atom is -0.383 e. The van der Waals surface area contributed by atoms with E-state index in [1.807, 2.05) is 0 Å². The van der Waals surface area contributed by atoms with Crippen LogP contribution in [0.2, 0.25) is 0 Å². The third kappa shape index (κ3) is 5.00. The number of methoxy groups -OCH3 is 1. The average molecular weight is 416 g/mol. The molecule has 11 heteroatoms. The lowest BCUT2D eigenvalue weighted by Crippen LogP contribution is -2.40. The Hall–Kier alpha value is -1.74. The summed E-state index contributed by atoms with van der Waals surface area (Å²) < 4.78 is 32.3. The van der Waals surface area contributed by atoms with Crippen molar-refractivity contribution in [3.8, 4) is 0 Å². The number of ether oxygens (including phenoxy) is 1. The van der Waals surface area contributed by atoms with Gasteiger partial charge in [-0.05, 0) is 26.7 Å². The third-order valence-corrected chi connectivity index (χ3v) is 6.52. The monoisotopic (exact) mass is 416 g/mol. The molecule has 0 aliphatic rings. The van der Waals surface area contributed by atoms with Crippen molar-refractivity contribution >= 4 is 18.8 Å². The van der Waals surface area contributed by atoms with Crippen molar-refractivity contribution in [2.24, 2.45) is 7.05 Å². The first kappa shape index (κ1) is 22.5. The van der Waals surface area contributed by atoms with Gasteiger partial charge in [-0.25, -0.2) is 9.78 Å². The van der Waals surface area contributed by atoms with Gasteiger partial charge in [0.15, 0.2) is 11.2 Å². The number of rotatable bonds is 12. The molecule has 0 unspecified atom stereocenters. The van der Waals surface area contributed by atoms with Crippen molar-refractivity contribution in [1.82, 2.24) is 18.7 Å². The van der Waals surface area contributed by atoms with Crippen molar-refractivity contribution in [1.29, 1.82) is 0 Å². The minimum absolute atomic E-state index is 0.176. The molecule has 0 atom stereocenters. The highest BCUT2D eigenvalue weighted by atomic mass is 31.2. The summed E-state index contributed by atoms with van der Waals surface area (Å²) in [6.07, 6.45) is 3.14. The molecule has 2 heterocycles. The predicted octanol–water partition coefficient (Wildman–Crippen LogP) is 1.59. The summed E-state index contributed by atoms with van der Waals surface area (Å²) >= 11 is 0. The van der Waals surface area contributed by atoms with E-state index in [9.17, 15) is 14.2 Å². The molecule has 2 aromatic rings. The Morgan fingerprint density at radius 2 is 1.79 bits per heavy atom. The average Bonchev–Trinajstić information content (AvgIpc) is 3.08. The maximum absolute atomic E-state index is 12.8. The van der Waals surface area contributed by atoms with Crippen LogP contribution in [0.5, 0.6) is 0 Å². The van der Waals surface area contributed by atoms with Crippen LogP contribution in [-0.2, 0) is 38.5 Å². The van der Waals surface area contributed by atoms with Crippen molar-refractivity contribution < 1.29 is 18.3 Å². The summed E-state index contributed by atoms with van der Waals surface area (Å²) in [5.74, 6) is 0. The second kappa shape index (κ2) is 10.2. The number of hydrogen-bond acceptors (Lipinski definition) is 7. The Balaban J connectivity index is 2.18. The topological polar surface area (TPSA) is 107 Å². The van der Waals surface area contributed by atoms with E-state index in [1.54, 1.807) is 31.8 Å². The molecule has 10 nitrogen and oxygen atoms in total. The number of nitrogens with zero attached hydrogens (tertiary/aromatic N) is 4. The Morgan fingerprint density at radius 3 is 2.39 bits per heavy atom. The summed E-state index contributed by atoms with van der Waals surface area (Å²) in [4.78, 5) is 29.4. The normalized spacial score (nSPS) is 12.1. The molecule has 0 fully saturated rings. The van der Waals surface area contributed by atoms with Crippen molar-refractivity contribution in [2.75, 3.05) is 33.1 Å². The molecule has 0 N–H and O–H groups in total. The second-order valence-corrected chi connectivity index (χ2v) is 8.46. The molecule has 0 amide bonds. The van der Waals surface area contributed by atoms with E-state index in [1.165, 1.54) is 11.7 Å². The van der Waals surface area contributed by atoms with Crippen molar-refractivity contribution in [2.45, 2.75) is 39.8 Å².